The number of nitrogens with zero attached hydrogens (tertiary/aromatic N) is 1. The molecular weight excluding hydrogens is 440 g/mol. The van der Waals surface area contributed by atoms with Crippen molar-refractivity contribution < 1.29 is 33.8 Å². The summed E-state index contributed by atoms with van der Waals surface area (Å²) in [4.78, 5) is 42.7. The number of rotatable bonds is 6. The molecule has 1 heterocycles. The number of carboxylic acids is 1. The maximum atomic E-state index is 12.4. The second-order valence-corrected chi connectivity index (χ2v) is 9.62. The van der Waals surface area contributed by atoms with Crippen LogP contribution in [0.25, 0.3) is 11.1 Å². The molecule has 2 N–H and O–H groups in total. The Bertz CT molecular complexity index is 1060. The molecule has 2 aromatic carbocycles. The number of carbonyl (C=O) groups is 3. The van der Waals surface area contributed by atoms with Crippen LogP contribution in [0.1, 0.15) is 44.2 Å². The van der Waals surface area contributed by atoms with E-state index in [1.165, 1.54) is 4.90 Å². The van der Waals surface area contributed by atoms with Gasteiger partial charge in [-0.25, -0.2) is 9.59 Å². The Hall–Kier alpha value is -3.59. The molecule has 2 aromatic rings. The maximum Gasteiger partial charge on any atom is 0.431 e. The van der Waals surface area contributed by atoms with Gasteiger partial charge in [0.15, 0.2) is 0 Å². The Morgan fingerprint density at radius 3 is 2.12 bits per heavy atom. The number of amides is 2. The van der Waals surface area contributed by atoms with Crippen molar-refractivity contribution in [3.8, 4) is 11.1 Å². The fourth-order valence-electron chi connectivity index (χ4n) is 4.37. The van der Waals surface area contributed by atoms with E-state index in [0.29, 0.717) is 0 Å². The summed E-state index contributed by atoms with van der Waals surface area (Å²) < 4.78 is 10.7. The molecule has 2 amide bonds. The number of hydrogen-bond donors (Lipinski definition) is 2. The van der Waals surface area contributed by atoms with Gasteiger partial charge in [0.1, 0.15) is 17.8 Å². The molecule has 9 nitrogen and oxygen atoms in total. The zero-order valence-electron chi connectivity index (χ0n) is 19.4. The fourth-order valence-corrected chi connectivity index (χ4v) is 4.37. The van der Waals surface area contributed by atoms with E-state index in [4.69, 9.17) is 14.3 Å². The summed E-state index contributed by atoms with van der Waals surface area (Å²) in [5.74, 6) is -1.23. The van der Waals surface area contributed by atoms with Crippen LogP contribution in [-0.2, 0) is 19.1 Å². The van der Waals surface area contributed by atoms with Crippen molar-refractivity contribution in [1.29, 1.82) is 0 Å². The van der Waals surface area contributed by atoms with Gasteiger partial charge in [0, 0.05) is 5.92 Å². The molecule has 0 radical (unpaired) electrons. The molecular formula is C25H28N2O7. The van der Waals surface area contributed by atoms with E-state index < -0.39 is 35.8 Å². The van der Waals surface area contributed by atoms with Crippen LogP contribution in [0.3, 0.4) is 0 Å². The monoisotopic (exact) mass is 468 g/mol. The standard InChI is InChI=1S/C25H28N2O7/c1-24(2,3)33-23(31)27-14-25(15-27,12-21(28)29)34-26-22(30)32-13-20-18-10-6-4-8-16(18)17-9-5-7-11-19(17)20/h4-11,20H,12-15H2,1-3H3,(H,26,30)(H,28,29). The topological polar surface area (TPSA) is 114 Å². The van der Waals surface area contributed by atoms with E-state index in [-0.39, 0.29) is 25.6 Å². The number of hydroxylamine groups is 1. The van der Waals surface area contributed by atoms with Gasteiger partial charge in [-0.15, -0.1) is 0 Å². The number of carbonyl (C=O) groups excluding carboxylic acids is 2. The first-order chi connectivity index (χ1) is 16.1. The number of ether oxygens (including phenoxy) is 2. The van der Waals surface area contributed by atoms with Crippen molar-refractivity contribution in [2.24, 2.45) is 0 Å². The minimum atomic E-state index is -1.26. The molecule has 0 saturated carbocycles. The summed E-state index contributed by atoms with van der Waals surface area (Å²) in [6.45, 7) is 5.26. The molecule has 0 bridgehead atoms. The maximum absolute atomic E-state index is 12.4. The highest BCUT2D eigenvalue weighted by Crippen LogP contribution is 2.44. The fraction of sp³-hybridized carbons (Fsp3) is 0.400. The minimum absolute atomic E-state index is 0.0299. The number of hydrogen-bond acceptors (Lipinski definition) is 6. The van der Waals surface area contributed by atoms with Crippen LogP contribution in [0, 0.1) is 0 Å². The summed E-state index contributed by atoms with van der Waals surface area (Å²) in [6, 6.07) is 16.0. The molecule has 2 aliphatic rings. The zero-order valence-corrected chi connectivity index (χ0v) is 19.4. The summed E-state index contributed by atoms with van der Waals surface area (Å²) >= 11 is 0. The quantitative estimate of drug-likeness (QED) is 0.618. The molecule has 4 rings (SSSR count). The number of likely N-dealkylation sites (tertiary alicyclic amines) is 1. The van der Waals surface area contributed by atoms with Gasteiger partial charge in [-0.05, 0) is 43.0 Å². The van der Waals surface area contributed by atoms with Gasteiger partial charge in [-0.3, -0.25) is 9.63 Å². The van der Waals surface area contributed by atoms with Gasteiger partial charge >= 0.3 is 18.2 Å². The second-order valence-electron chi connectivity index (χ2n) is 9.62. The predicted octanol–water partition coefficient (Wildman–Crippen LogP) is 3.92. The number of carboxylic acid groups (broad SMARTS) is 1. The van der Waals surface area contributed by atoms with Crippen molar-refractivity contribution >= 4 is 18.2 Å². The van der Waals surface area contributed by atoms with E-state index in [0.717, 1.165) is 22.3 Å². The highest BCUT2D eigenvalue weighted by atomic mass is 16.7. The van der Waals surface area contributed by atoms with Crippen LogP contribution in [0.5, 0.6) is 0 Å². The van der Waals surface area contributed by atoms with Crippen molar-refractivity contribution in [3.05, 3.63) is 59.7 Å². The molecule has 0 atom stereocenters. The van der Waals surface area contributed by atoms with E-state index >= 15 is 0 Å². The lowest BCUT2D eigenvalue weighted by molar-refractivity contribution is -0.185. The van der Waals surface area contributed by atoms with Crippen molar-refractivity contribution in [1.82, 2.24) is 10.4 Å². The first kappa shape index (κ1) is 23.6. The highest BCUT2D eigenvalue weighted by Gasteiger charge is 2.50. The van der Waals surface area contributed by atoms with Gasteiger partial charge in [-0.2, -0.15) is 5.48 Å². The normalized spacial score (nSPS) is 16.1. The first-order valence-corrected chi connectivity index (χ1v) is 11.1. The SMILES string of the molecule is CC(C)(C)OC(=O)N1CC(CC(=O)O)(ONC(=O)OCC2c3ccccc3-c3ccccc32)C1. The molecule has 0 spiro atoms. The average Bonchev–Trinajstić information content (AvgIpc) is 3.06. The van der Waals surface area contributed by atoms with Crippen LogP contribution < -0.4 is 5.48 Å². The summed E-state index contributed by atoms with van der Waals surface area (Å²) in [5.41, 5.74) is 4.65. The molecule has 1 fully saturated rings. The number of nitrogens with one attached hydrogen (secondary N) is 1. The van der Waals surface area contributed by atoms with Crippen molar-refractivity contribution in [3.63, 3.8) is 0 Å². The lowest BCUT2D eigenvalue weighted by Gasteiger charge is -2.47. The van der Waals surface area contributed by atoms with Gasteiger partial charge in [0.05, 0.1) is 19.5 Å². The van der Waals surface area contributed by atoms with Crippen LogP contribution in [0.15, 0.2) is 48.5 Å². The third-order valence-electron chi connectivity index (χ3n) is 5.78. The van der Waals surface area contributed by atoms with E-state index in [9.17, 15) is 19.5 Å². The van der Waals surface area contributed by atoms with Crippen molar-refractivity contribution in [2.75, 3.05) is 19.7 Å². The Kier molecular flexibility index (Phi) is 6.22. The number of fused-ring (bicyclic) bond motifs is 3. The zero-order chi connectivity index (χ0) is 24.5. The van der Waals surface area contributed by atoms with E-state index in [1.54, 1.807) is 20.8 Å². The number of benzene rings is 2. The van der Waals surface area contributed by atoms with Crippen LogP contribution in [0.4, 0.5) is 9.59 Å². The van der Waals surface area contributed by atoms with Crippen molar-refractivity contribution in [2.45, 2.75) is 44.3 Å². The molecule has 34 heavy (non-hydrogen) atoms. The van der Waals surface area contributed by atoms with Crippen LogP contribution >= 0.6 is 0 Å². The molecule has 1 aliphatic heterocycles. The van der Waals surface area contributed by atoms with E-state index in [1.807, 2.05) is 48.5 Å². The Balaban J connectivity index is 1.34. The summed E-state index contributed by atoms with van der Waals surface area (Å²) in [6.07, 6.45) is -1.80. The second kappa shape index (κ2) is 8.98. The number of aliphatic carboxylic acids is 1. The Morgan fingerprint density at radius 1 is 1.03 bits per heavy atom. The smallest absolute Gasteiger partial charge is 0.431 e. The lowest BCUT2D eigenvalue weighted by atomic mass is 9.91. The predicted molar refractivity (Wildman–Crippen MR) is 122 cm³/mol. The summed E-state index contributed by atoms with van der Waals surface area (Å²) in [7, 11) is 0. The van der Waals surface area contributed by atoms with Gasteiger partial charge in [0.2, 0.25) is 0 Å². The molecule has 0 unspecified atom stereocenters. The van der Waals surface area contributed by atoms with Gasteiger partial charge in [-0.1, -0.05) is 48.5 Å². The molecule has 1 aliphatic carbocycles. The summed E-state index contributed by atoms with van der Waals surface area (Å²) in [5, 5.41) is 9.26. The lowest BCUT2D eigenvalue weighted by Crippen LogP contribution is -2.67. The molecule has 0 aromatic heterocycles. The third kappa shape index (κ3) is 4.99. The van der Waals surface area contributed by atoms with Gasteiger partial charge in [0.25, 0.3) is 0 Å². The molecule has 1 saturated heterocycles. The van der Waals surface area contributed by atoms with Gasteiger partial charge < -0.3 is 19.5 Å². The average molecular weight is 469 g/mol. The Morgan fingerprint density at radius 2 is 1.59 bits per heavy atom. The molecule has 180 valence electrons. The van der Waals surface area contributed by atoms with Crippen LogP contribution in [-0.4, -0.2) is 59.1 Å². The third-order valence-corrected chi connectivity index (χ3v) is 5.78. The molecule has 9 heteroatoms. The minimum Gasteiger partial charge on any atom is -0.481 e. The highest BCUT2D eigenvalue weighted by molar-refractivity contribution is 5.79. The Labute approximate surface area is 197 Å². The van der Waals surface area contributed by atoms with E-state index in [2.05, 4.69) is 5.48 Å². The largest absolute Gasteiger partial charge is 0.481 e. The van der Waals surface area contributed by atoms with Crippen LogP contribution in [0.2, 0.25) is 0 Å². The first-order valence-electron chi connectivity index (χ1n) is 11.1.